The Kier molecular flexibility index (Phi) is 2.92. The molecule has 2 aromatic carbocycles. The van der Waals surface area contributed by atoms with Gasteiger partial charge < -0.3 is 5.32 Å². The number of nitrogens with zero attached hydrogens (tertiary/aromatic N) is 1. The Labute approximate surface area is 107 Å². The lowest BCUT2D eigenvalue weighted by Crippen LogP contribution is -1.91. The highest BCUT2D eigenvalue weighted by Crippen LogP contribution is 2.26. The number of para-hydroxylation sites is 2. The van der Waals surface area contributed by atoms with Gasteiger partial charge in [-0.25, -0.2) is 0 Å². The largest absolute Gasteiger partial charge is 0.358 e. The average molecular weight is 234 g/mol. The van der Waals surface area contributed by atoms with Crippen LogP contribution in [0.5, 0.6) is 0 Å². The van der Waals surface area contributed by atoms with Crippen LogP contribution in [-0.2, 0) is 6.42 Å². The highest BCUT2D eigenvalue weighted by molar-refractivity contribution is 5.78. The Balaban J connectivity index is 1.71. The maximum atomic E-state index is 4.39. The van der Waals surface area contributed by atoms with Crippen LogP contribution in [0.25, 0.3) is 0 Å². The molecule has 1 heterocycles. The summed E-state index contributed by atoms with van der Waals surface area (Å²) in [5, 5.41) is 3.39. The molecule has 0 saturated heterocycles. The lowest BCUT2D eigenvalue weighted by Gasteiger charge is -1.97. The molecular formula is C16H14N2. The molecular weight excluding hydrogens is 220 g/mol. The molecule has 0 fully saturated rings. The van der Waals surface area contributed by atoms with Gasteiger partial charge >= 0.3 is 0 Å². The van der Waals surface area contributed by atoms with Crippen LogP contribution in [0.2, 0.25) is 0 Å². The summed E-state index contributed by atoms with van der Waals surface area (Å²) < 4.78 is 0. The molecule has 0 unspecified atom stereocenters. The van der Waals surface area contributed by atoms with E-state index in [0.717, 1.165) is 12.1 Å². The van der Waals surface area contributed by atoms with E-state index in [1.54, 1.807) is 0 Å². The smallest absolute Gasteiger partial charge is 0.0629 e. The van der Waals surface area contributed by atoms with Crippen molar-refractivity contribution in [3.05, 3.63) is 71.9 Å². The maximum absolute atomic E-state index is 4.39. The third kappa shape index (κ3) is 2.33. The molecule has 1 aliphatic heterocycles. The summed E-state index contributed by atoms with van der Waals surface area (Å²) in [6.07, 6.45) is 4.84. The lowest BCUT2D eigenvalue weighted by molar-refractivity contribution is 1.25. The standard InChI is InChI=1S/C16H14N2/c1-2-7-14(8-3-1)17-11-10-15-12-13-6-4-5-9-16(13)18-15/h1-11,18H,12H2. The van der Waals surface area contributed by atoms with E-state index < -0.39 is 0 Å². The molecule has 2 heteroatoms. The molecule has 2 nitrogen and oxygen atoms in total. The number of fused-ring (bicyclic) bond motifs is 1. The van der Waals surface area contributed by atoms with Crippen LogP contribution in [0.1, 0.15) is 5.56 Å². The van der Waals surface area contributed by atoms with Crippen LogP contribution in [0, 0.1) is 0 Å². The fraction of sp³-hybridized carbons (Fsp3) is 0.0625. The average Bonchev–Trinajstić information content (AvgIpc) is 2.82. The van der Waals surface area contributed by atoms with Crippen molar-refractivity contribution in [3.63, 3.8) is 0 Å². The van der Waals surface area contributed by atoms with Crippen molar-refractivity contribution in [3.8, 4) is 0 Å². The molecule has 0 saturated carbocycles. The molecule has 88 valence electrons. The SMILES string of the molecule is C(C=C1Cc2ccccc2N1)=Nc1ccccc1. The van der Waals surface area contributed by atoms with Crippen LogP contribution in [0.3, 0.4) is 0 Å². The first-order chi connectivity index (χ1) is 8.92. The second-order valence-corrected chi connectivity index (χ2v) is 4.26. The van der Waals surface area contributed by atoms with E-state index in [0.29, 0.717) is 0 Å². The van der Waals surface area contributed by atoms with Crippen LogP contribution in [0.15, 0.2) is 71.4 Å². The molecule has 0 amide bonds. The third-order valence-electron chi connectivity index (χ3n) is 2.95. The molecule has 0 bridgehead atoms. The summed E-state index contributed by atoms with van der Waals surface area (Å²) in [4.78, 5) is 4.39. The lowest BCUT2D eigenvalue weighted by atomic mass is 10.1. The molecule has 0 radical (unpaired) electrons. The minimum Gasteiger partial charge on any atom is -0.358 e. The summed E-state index contributed by atoms with van der Waals surface area (Å²) in [5.74, 6) is 0. The highest BCUT2D eigenvalue weighted by Gasteiger charge is 2.12. The van der Waals surface area contributed by atoms with E-state index in [-0.39, 0.29) is 0 Å². The Bertz CT molecular complexity index is 571. The van der Waals surface area contributed by atoms with Crippen molar-refractivity contribution in [1.82, 2.24) is 0 Å². The first-order valence-electron chi connectivity index (χ1n) is 6.05. The Morgan fingerprint density at radius 2 is 1.72 bits per heavy atom. The van der Waals surface area contributed by atoms with Gasteiger partial charge in [0.1, 0.15) is 0 Å². The second kappa shape index (κ2) is 4.88. The normalized spacial score (nSPS) is 15.9. The first-order valence-corrected chi connectivity index (χ1v) is 6.05. The zero-order chi connectivity index (χ0) is 12.2. The summed E-state index contributed by atoms with van der Waals surface area (Å²) in [6, 6.07) is 18.3. The molecule has 0 aliphatic carbocycles. The molecule has 0 aromatic heterocycles. The van der Waals surface area contributed by atoms with Gasteiger partial charge in [0.05, 0.1) is 5.69 Å². The van der Waals surface area contributed by atoms with Gasteiger partial charge in [-0.1, -0.05) is 36.4 Å². The van der Waals surface area contributed by atoms with Gasteiger partial charge in [0.15, 0.2) is 0 Å². The van der Waals surface area contributed by atoms with E-state index >= 15 is 0 Å². The number of nitrogens with one attached hydrogen (secondary N) is 1. The van der Waals surface area contributed by atoms with Crippen LogP contribution < -0.4 is 5.32 Å². The summed E-state index contributed by atoms with van der Waals surface area (Å²) in [5.41, 5.74) is 4.72. The van der Waals surface area contributed by atoms with Gasteiger partial charge in [-0.3, -0.25) is 4.99 Å². The number of aliphatic imine (C=N–C) groups is 1. The van der Waals surface area contributed by atoms with Crippen molar-refractivity contribution in [2.75, 3.05) is 5.32 Å². The zero-order valence-electron chi connectivity index (χ0n) is 10.0. The van der Waals surface area contributed by atoms with Crippen LogP contribution in [0.4, 0.5) is 11.4 Å². The van der Waals surface area contributed by atoms with E-state index in [9.17, 15) is 0 Å². The van der Waals surface area contributed by atoms with Crippen molar-refractivity contribution in [2.45, 2.75) is 6.42 Å². The second-order valence-electron chi connectivity index (χ2n) is 4.26. The molecule has 2 aromatic rings. The Morgan fingerprint density at radius 1 is 0.944 bits per heavy atom. The quantitative estimate of drug-likeness (QED) is 0.782. The first kappa shape index (κ1) is 10.8. The molecule has 1 N–H and O–H groups in total. The highest BCUT2D eigenvalue weighted by atomic mass is 14.9. The van der Waals surface area contributed by atoms with Crippen LogP contribution >= 0.6 is 0 Å². The monoisotopic (exact) mass is 234 g/mol. The molecule has 0 spiro atoms. The number of allylic oxidation sites excluding steroid dienone is 2. The molecule has 3 rings (SSSR count). The van der Waals surface area contributed by atoms with Gasteiger partial charge in [0, 0.05) is 24.0 Å². The fourth-order valence-electron chi connectivity index (χ4n) is 2.05. The van der Waals surface area contributed by atoms with Gasteiger partial charge in [-0.2, -0.15) is 0 Å². The van der Waals surface area contributed by atoms with Gasteiger partial charge in [-0.05, 0) is 29.8 Å². The predicted octanol–water partition coefficient (Wildman–Crippen LogP) is 3.94. The van der Waals surface area contributed by atoms with Crippen LogP contribution in [-0.4, -0.2) is 6.21 Å². The third-order valence-corrected chi connectivity index (χ3v) is 2.95. The maximum Gasteiger partial charge on any atom is 0.0629 e. The Morgan fingerprint density at radius 3 is 2.56 bits per heavy atom. The number of hydrogen-bond donors (Lipinski definition) is 1. The van der Waals surface area contributed by atoms with Crippen molar-refractivity contribution in [2.24, 2.45) is 4.99 Å². The number of hydrogen-bond acceptors (Lipinski definition) is 2. The number of anilines is 1. The van der Waals surface area contributed by atoms with Gasteiger partial charge in [0.25, 0.3) is 0 Å². The Hall–Kier alpha value is -2.35. The summed E-state index contributed by atoms with van der Waals surface area (Å²) >= 11 is 0. The number of benzene rings is 2. The van der Waals surface area contributed by atoms with Gasteiger partial charge in [0.2, 0.25) is 0 Å². The summed E-state index contributed by atoms with van der Waals surface area (Å²) in [7, 11) is 0. The van der Waals surface area contributed by atoms with Crippen molar-refractivity contribution >= 4 is 17.6 Å². The van der Waals surface area contributed by atoms with E-state index in [4.69, 9.17) is 0 Å². The molecule has 18 heavy (non-hydrogen) atoms. The minimum atomic E-state index is 0.955. The van der Waals surface area contributed by atoms with Gasteiger partial charge in [-0.15, -0.1) is 0 Å². The van der Waals surface area contributed by atoms with E-state index in [1.165, 1.54) is 16.9 Å². The minimum absolute atomic E-state index is 0.955. The van der Waals surface area contributed by atoms with E-state index in [1.807, 2.05) is 48.7 Å². The fourth-order valence-corrected chi connectivity index (χ4v) is 2.05. The van der Waals surface area contributed by atoms with E-state index in [2.05, 4.69) is 28.5 Å². The molecule has 1 aliphatic rings. The zero-order valence-corrected chi connectivity index (χ0v) is 10.0. The van der Waals surface area contributed by atoms with Crippen molar-refractivity contribution < 1.29 is 0 Å². The molecule has 0 atom stereocenters. The predicted molar refractivity (Wildman–Crippen MR) is 76.4 cm³/mol. The van der Waals surface area contributed by atoms with Crippen molar-refractivity contribution in [1.29, 1.82) is 0 Å². The topological polar surface area (TPSA) is 24.4 Å². The summed E-state index contributed by atoms with van der Waals surface area (Å²) in [6.45, 7) is 0. The number of rotatable bonds is 2.